The maximum atomic E-state index is 13.1. The Hall–Kier alpha value is -0.610. The van der Waals surface area contributed by atoms with Gasteiger partial charge in [-0.25, -0.2) is 4.39 Å². The van der Waals surface area contributed by atoms with Gasteiger partial charge < -0.3 is 9.53 Å². The summed E-state index contributed by atoms with van der Waals surface area (Å²) >= 11 is 8.80. The predicted octanol–water partition coefficient (Wildman–Crippen LogP) is 3.99. The van der Waals surface area contributed by atoms with Gasteiger partial charge in [0.15, 0.2) is 0 Å². The molecule has 0 aliphatic heterocycles. The van der Waals surface area contributed by atoms with Crippen molar-refractivity contribution < 1.29 is 13.9 Å². The second-order valence-electron chi connectivity index (χ2n) is 3.35. The van der Waals surface area contributed by atoms with Crippen LogP contribution in [0, 0.1) is 5.82 Å². The van der Waals surface area contributed by atoms with Crippen molar-refractivity contribution in [3.63, 3.8) is 0 Å². The van der Waals surface area contributed by atoms with E-state index in [0.717, 1.165) is 0 Å². The maximum absolute atomic E-state index is 13.1. The fraction of sp³-hybridized carbons (Fsp3) is 0.364. The van der Waals surface area contributed by atoms with Gasteiger partial charge in [0.1, 0.15) is 17.3 Å². The van der Waals surface area contributed by atoms with Gasteiger partial charge in [-0.15, -0.1) is 0 Å². The molecule has 0 bridgehead atoms. The smallest absolute Gasteiger partial charge is 0.145 e. The number of hydrogen-bond donors (Lipinski definition) is 0. The minimum absolute atomic E-state index is 0.0444. The van der Waals surface area contributed by atoms with E-state index < -0.39 is 5.82 Å². The Morgan fingerprint density at radius 2 is 2.25 bits per heavy atom. The quantitative estimate of drug-likeness (QED) is 0.607. The molecule has 88 valence electrons. The Balaban J connectivity index is 2.54. The number of benzene rings is 1. The zero-order valence-electron chi connectivity index (χ0n) is 8.73. The average molecular weight is 310 g/mol. The molecule has 0 saturated heterocycles. The summed E-state index contributed by atoms with van der Waals surface area (Å²) in [5.74, 6) is -0.0122. The molecule has 2 nitrogen and oxygen atoms in total. The van der Waals surface area contributed by atoms with Crippen LogP contribution in [0.4, 0.5) is 4.39 Å². The number of ether oxygens (including phenoxy) is 1. The summed E-state index contributed by atoms with van der Waals surface area (Å²) in [5.41, 5.74) is 0. The number of ketones is 1. The minimum atomic E-state index is -0.522. The highest BCUT2D eigenvalue weighted by Gasteiger charge is 2.07. The number of hydrogen-bond acceptors (Lipinski definition) is 2. The highest BCUT2D eigenvalue weighted by molar-refractivity contribution is 9.10. The van der Waals surface area contributed by atoms with Crippen molar-refractivity contribution in [1.82, 2.24) is 0 Å². The molecule has 0 fully saturated rings. The van der Waals surface area contributed by atoms with Crippen molar-refractivity contribution in [2.45, 2.75) is 19.8 Å². The van der Waals surface area contributed by atoms with Crippen molar-refractivity contribution >= 4 is 33.3 Å². The van der Waals surface area contributed by atoms with Crippen LogP contribution in [0.2, 0.25) is 5.02 Å². The van der Waals surface area contributed by atoms with Crippen LogP contribution in [0.25, 0.3) is 0 Å². The Morgan fingerprint density at radius 3 is 2.88 bits per heavy atom. The lowest BCUT2D eigenvalue weighted by molar-refractivity contribution is -0.117. The normalized spacial score (nSPS) is 10.2. The fourth-order valence-electron chi connectivity index (χ4n) is 1.12. The molecule has 1 aromatic rings. The van der Waals surface area contributed by atoms with Gasteiger partial charge in [-0.2, -0.15) is 0 Å². The molecule has 0 aliphatic rings. The van der Waals surface area contributed by atoms with Crippen LogP contribution < -0.4 is 4.74 Å². The molecule has 0 unspecified atom stereocenters. The van der Waals surface area contributed by atoms with E-state index in [4.69, 9.17) is 16.3 Å². The number of rotatable bonds is 5. The monoisotopic (exact) mass is 308 g/mol. The summed E-state index contributed by atoms with van der Waals surface area (Å²) < 4.78 is 19.0. The lowest BCUT2D eigenvalue weighted by atomic mass is 10.2. The first-order valence-corrected chi connectivity index (χ1v) is 5.94. The molecule has 5 heteroatoms. The van der Waals surface area contributed by atoms with E-state index in [0.29, 0.717) is 29.7 Å². The Kier molecular flexibility index (Phi) is 5.22. The molecule has 0 atom stereocenters. The zero-order valence-corrected chi connectivity index (χ0v) is 11.1. The van der Waals surface area contributed by atoms with Crippen molar-refractivity contribution in [2.24, 2.45) is 0 Å². The fourth-order valence-corrected chi connectivity index (χ4v) is 1.87. The summed E-state index contributed by atoms with van der Waals surface area (Å²) in [6.07, 6.45) is 1.08. The van der Waals surface area contributed by atoms with E-state index in [9.17, 15) is 9.18 Å². The van der Waals surface area contributed by atoms with Crippen molar-refractivity contribution in [1.29, 1.82) is 0 Å². The molecule has 0 N–H and O–H groups in total. The second kappa shape index (κ2) is 6.21. The third kappa shape index (κ3) is 4.10. The molecule has 0 heterocycles. The van der Waals surface area contributed by atoms with E-state index in [1.54, 1.807) is 0 Å². The van der Waals surface area contributed by atoms with Crippen LogP contribution in [0.5, 0.6) is 5.75 Å². The minimum Gasteiger partial charge on any atom is -0.492 e. The molecule has 0 radical (unpaired) electrons. The highest BCUT2D eigenvalue weighted by atomic mass is 79.9. The lowest BCUT2D eigenvalue weighted by Crippen LogP contribution is -2.01. The maximum Gasteiger partial charge on any atom is 0.145 e. The lowest BCUT2D eigenvalue weighted by Gasteiger charge is -2.08. The van der Waals surface area contributed by atoms with Gasteiger partial charge >= 0.3 is 0 Å². The molecular weight excluding hydrogens is 298 g/mol. The van der Waals surface area contributed by atoms with Crippen LogP contribution in [0.3, 0.4) is 0 Å². The summed E-state index contributed by atoms with van der Waals surface area (Å²) in [6, 6.07) is 2.66. The van der Waals surface area contributed by atoms with Gasteiger partial charge in [0.25, 0.3) is 0 Å². The van der Waals surface area contributed by atoms with Crippen molar-refractivity contribution in [3.8, 4) is 5.75 Å². The molecule has 0 spiro atoms. The molecular formula is C11H11BrClFO2. The number of halogens is 3. The van der Waals surface area contributed by atoms with E-state index in [2.05, 4.69) is 15.9 Å². The van der Waals surface area contributed by atoms with E-state index >= 15 is 0 Å². The molecule has 1 rings (SSSR count). The summed E-state index contributed by atoms with van der Waals surface area (Å²) in [5, 5.41) is 0.0444. The van der Waals surface area contributed by atoms with Crippen LogP contribution in [-0.4, -0.2) is 12.4 Å². The predicted molar refractivity (Wildman–Crippen MR) is 64.5 cm³/mol. The van der Waals surface area contributed by atoms with E-state index in [-0.39, 0.29) is 10.8 Å². The first-order valence-electron chi connectivity index (χ1n) is 4.77. The Labute approximate surface area is 107 Å². The Bertz CT molecular complexity index is 396. The third-order valence-corrected chi connectivity index (χ3v) is 2.81. The summed E-state index contributed by atoms with van der Waals surface area (Å²) in [6.45, 7) is 1.90. The zero-order chi connectivity index (χ0) is 12.1. The standard InChI is InChI=1S/C11H11BrClFO2/c1-7(15)3-2-4-16-11-6-10(14)9(13)5-8(11)12/h5-6H,2-4H2,1H3. The van der Waals surface area contributed by atoms with Crippen molar-refractivity contribution in [3.05, 3.63) is 27.4 Å². The van der Waals surface area contributed by atoms with Gasteiger partial charge in [-0.3, -0.25) is 0 Å². The van der Waals surface area contributed by atoms with E-state index in [1.807, 2.05) is 0 Å². The summed E-state index contributed by atoms with van der Waals surface area (Å²) in [7, 11) is 0. The second-order valence-corrected chi connectivity index (χ2v) is 4.61. The average Bonchev–Trinajstić information content (AvgIpc) is 2.19. The summed E-state index contributed by atoms with van der Waals surface area (Å²) in [4.78, 5) is 10.7. The SMILES string of the molecule is CC(=O)CCCOc1cc(F)c(Cl)cc1Br. The molecule has 0 aliphatic carbocycles. The number of carbonyl (C=O) groups is 1. The van der Waals surface area contributed by atoms with Gasteiger partial charge in [0.2, 0.25) is 0 Å². The Morgan fingerprint density at radius 1 is 1.56 bits per heavy atom. The van der Waals surface area contributed by atoms with E-state index in [1.165, 1.54) is 19.1 Å². The topological polar surface area (TPSA) is 26.3 Å². The van der Waals surface area contributed by atoms with Crippen LogP contribution in [-0.2, 0) is 4.79 Å². The highest BCUT2D eigenvalue weighted by Crippen LogP contribution is 2.30. The first-order chi connectivity index (χ1) is 7.50. The van der Waals surface area contributed by atoms with Gasteiger partial charge in [-0.05, 0) is 35.3 Å². The van der Waals surface area contributed by atoms with Gasteiger partial charge in [0.05, 0.1) is 16.1 Å². The van der Waals surface area contributed by atoms with Gasteiger partial charge in [0, 0.05) is 12.5 Å². The van der Waals surface area contributed by atoms with Crippen LogP contribution >= 0.6 is 27.5 Å². The first kappa shape index (κ1) is 13.5. The van der Waals surface area contributed by atoms with Crippen molar-refractivity contribution in [2.75, 3.05) is 6.61 Å². The number of Topliss-reactive ketones (excluding diaryl/α,β-unsaturated/α-hetero) is 1. The largest absolute Gasteiger partial charge is 0.492 e. The van der Waals surface area contributed by atoms with Crippen LogP contribution in [0.1, 0.15) is 19.8 Å². The van der Waals surface area contributed by atoms with Gasteiger partial charge in [-0.1, -0.05) is 11.6 Å². The molecule has 0 aromatic heterocycles. The third-order valence-electron chi connectivity index (χ3n) is 1.91. The number of carbonyl (C=O) groups excluding carboxylic acids is 1. The molecule has 0 saturated carbocycles. The molecule has 1 aromatic carbocycles. The molecule has 0 amide bonds. The van der Waals surface area contributed by atoms with Crippen LogP contribution in [0.15, 0.2) is 16.6 Å². The molecule has 16 heavy (non-hydrogen) atoms.